The second-order valence-electron chi connectivity index (χ2n) is 3.88. The van der Waals surface area contributed by atoms with Crippen LogP contribution in [0.15, 0.2) is 0 Å². The lowest BCUT2D eigenvalue weighted by Gasteiger charge is -2.22. The highest BCUT2D eigenvalue weighted by Gasteiger charge is 2.27. The molecule has 0 aliphatic carbocycles. The number of rotatable bonds is 7. The van der Waals surface area contributed by atoms with E-state index in [9.17, 15) is 25.3 Å². The first-order valence-corrected chi connectivity index (χ1v) is 10.7. The zero-order valence-electron chi connectivity index (χ0n) is 11.7. The minimum Gasteiger partial charge on any atom is -0.328 e. The van der Waals surface area contributed by atoms with Crippen molar-refractivity contribution in [3.05, 3.63) is 0 Å². The third kappa shape index (κ3) is 19.6. The van der Waals surface area contributed by atoms with Gasteiger partial charge >= 0.3 is 0 Å². The molecule has 0 spiro atoms. The molecule has 0 aliphatic rings. The molecule has 2 atom stereocenters. The van der Waals surface area contributed by atoms with E-state index >= 15 is 0 Å². The van der Waals surface area contributed by atoms with Gasteiger partial charge in [-0.2, -0.15) is 25.3 Å². The van der Waals surface area contributed by atoms with Crippen molar-refractivity contribution in [3.63, 3.8) is 0 Å². The van der Waals surface area contributed by atoms with Gasteiger partial charge in [0.1, 0.15) is 12.2 Å². The van der Waals surface area contributed by atoms with E-state index in [0.29, 0.717) is 6.26 Å². The highest BCUT2D eigenvalue weighted by molar-refractivity contribution is 7.86. The molecule has 0 saturated heterocycles. The molecule has 0 rings (SSSR count). The quantitative estimate of drug-likeness (QED) is 0.306. The molecular weight excluding hydrogens is 352 g/mol. The Morgan fingerprint density at radius 2 is 1.00 bits per heavy atom. The molecule has 0 saturated carbocycles. The van der Waals surface area contributed by atoms with E-state index in [1.807, 2.05) is 0 Å². The lowest BCUT2D eigenvalue weighted by molar-refractivity contribution is 0.0751. The first-order chi connectivity index (χ1) is 9.09. The summed E-state index contributed by atoms with van der Waals surface area (Å²) in [6.45, 7) is -0.463. The van der Waals surface area contributed by atoms with Crippen molar-refractivity contribution in [3.8, 4) is 0 Å². The molecule has 0 heterocycles. The van der Waals surface area contributed by atoms with Crippen LogP contribution in [0.4, 0.5) is 0 Å². The van der Waals surface area contributed by atoms with Crippen LogP contribution in [-0.2, 0) is 38.7 Å². The highest BCUT2D eigenvalue weighted by Crippen LogP contribution is 2.08. The van der Waals surface area contributed by atoms with E-state index in [1.54, 1.807) is 0 Å². The van der Waals surface area contributed by atoms with E-state index in [1.165, 1.54) is 0 Å². The Hall–Kier alpha value is -0.350. The fraction of sp³-hybridized carbons (Fsp3) is 1.00. The van der Waals surface area contributed by atoms with E-state index < -0.39 is 42.6 Å². The standard InChI is InChI=1S/C6H16N2O6S2.CH4O3S/c1-15(9,10)13-5(3-7)6(4-8)14-16(2,11)12;1-5(2,3)4/h5-6H,3-4,7-8H2,1-2H3;1H3,(H,2,3,4). The fourth-order valence-corrected chi connectivity index (χ4v) is 2.26. The second kappa shape index (κ2) is 8.94. The molecular formula is C7H20N2O9S3. The van der Waals surface area contributed by atoms with E-state index in [-0.39, 0.29) is 13.1 Å². The van der Waals surface area contributed by atoms with Crippen molar-refractivity contribution in [1.29, 1.82) is 0 Å². The number of hydrogen-bond acceptors (Lipinski definition) is 10. The average molecular weight is 372 g/mol. The molecule has 0 radical (unpaired) electrons. The second-order valence-corrected chi connectivity index (χ2v) is 8.55. The van der Waals surface area contributed by atoms with Crippen LogP contribution in [0.3, 0.4) is 0 Å². The van der Waals surface area contributed by atoms with Gasteiger partial charge in [-0.3, -0.25) is 12.9 Å². The van der Waals surface area contributed by atoms with Crippen molar-refractivity contribution in [2.24, 2.45) is 11.5 Å². The molecule has 5 N–H and O–H groups in total. The summed E-state index contributed by atoms with van der Waals surface area (Å²) in [5, 5.41) is 0. The van der Waals surface area contributed by atoms with Gasteiger partial charge < -0.3 is 11.5 Å². The molecule has 11 nitrogen and oxygen atoms in total. The van der Waals surface area contributed by atoms with Crippen LogP contribution in [-0.4, -0.2) is 73.9 Å². The van der Waals surface area contributed by atoms with Gasteiger partial charge in [0.25, 0.3) is 30.4 Å². The Kier molecular flexibility index (Phi) is 9.76. The molecule has 0 aliphatic heterocycles. The third-order valence-corrected chi connectivity index (χ3v) is 2.67. The summed E-state index contributed by atoms with van der Waals surface area (Å²) in [6, 6.07) is 0. The molecule has 0 aromatic rings. The smallest absolute Gasteiger partial charge is 0.264 e. The molecule has 21 heavy (non-hydrogen) atoms. The Morgan fingerprint density at radius 1 is 0.810 bits per heavy atom. The largest absolute Gasteiger partial charge is 0.328 e. The first kappa shape index (κ1) is 22.9. The molecule has 0 aromatic heterocycles. The van der Waals surface area contributed by atoms with Gasteiger partial charge in [0, 0.05) is 13.1 Å². The molecule has 0 aromatic carbocycles. The molecule has 14 heteroatoms. The van der Waals surface area contributed by atoms with Crippen LogP contribution in [0, 0.1) is 0 Å². The highest BCUT2D eigenvalue weighted by atomic mass is 32.2. The van der Waals surface area contributed by atoms with E-state index in [2.05, 4.69) is 8.37 Å². The first-order valence-electron chi connectivity index (χ1n) is 5.18. The van der Waals surface area contributed by atoms with E-state index in [0.717, 1.165) is 12.5 Å². The Morgan fingerprint density at radius 3 is 1.10 bits per heavy atom. The summed E-state index contributed by atoms with van der Waals surface area (Å²) in [6.07, 6.45) is 0.102. The van der Waals surface area contributed by atoms with Gasteiger partial charge in [0.05, 0.1) is 18.8 Å². The number of hydrogen-bond donors (Lipinski definition) is 3. The zero-order chi connectivity index (χ0) is 17.5. The van der Waals surface area contributed by atoms with Crippen LogP contribution in [0.1, 0.15) is 0 Å². The van der Waals surface area contributed by atoms with Crippen molar-refractivity contribution in [2.75, 3.05) is 31.9 Å². The maximum absolute atomic E-state index is 10.9. The normalized spacial score (nSPS) is 15.7. The molecule has 130 valence electrons. The topological polar surface area (TPSA) is 193 Å². The predicted molar refractivity (Wildman–Crippen MR) is 75.0 cm³/mol. The van der Waals surface area contributed by atoms with Crippen molar-refractivity contribution >= 4 is 30.4 Å². The van der Waals surface area contributed by atoms with Crippen molar-refractivity contribution in [2.45, 2.75) is 12.2 Å². The molecule has 2 unspecified atom stereocenters. The third-order valence-electron chi connectivity index (χ3n) is 1.48. The van der Waals surface area contributed by atoms with Gasteiger partial charge in [-0.05, 0) is 0 Å². The van der Waals surface area contributed by atoms with Crippen LogP contribution in [0.25, 0.3) is 0 Å². The molecule has 0 fully saturated rings. The monoisotopic (exact) mass is 372 g/mol. The predicted octanol–water partition coefficient (Wildman–Crippen LogP) is -2.90. The summed E-state index contributed by atoms with van der Waals surface area (Å²) in [4.78, 5) is 0. The lowest BCUT2D eigenvalue weighted by Crippen LogP contribution is -2.44. The Bertz CT molecular complexity index is 547. The van der Waals surface area contributed by atoms with Crippen molar-refractivity contribution < 1.29 is 38.2 Å². The lowest BCUT2D eigenvalue weighted by atomic mass is 10.2. The van der Waals surface area contributed by atoms with E-state index in [4.69, 9.17) is 16.0 Å². The summed E-state index contributed by atoms with van der Waals surface area (Å²) in [5.74, 6) is 0. The summed E-state index contributed by atoms with van der Waals surface area (Å²) in [5.41, 5.74) is 10.5. The van der Waals surface area contributed by atoms with Crippen LogP contribution >= 0.6 is 0 Å². The number of nitrogens with two attached hydrogens (primary N) is 2. The average Bonchev–Trinajstić information content (AvgIpc) is 2.17. The van der Waals surface area contributed by atoms with Gasteiger partial charge in [-0.1, -0.05) is 0 Å². The van der Waals surface area contributed by atoms with Crippen LogP contribution in [0.2, 0.25) is 0 Å². The van der Waals surface area contributed by atoms with Gasteiger partial charge in [0.2, 0.25) is 0 Å². The Balaban J connectivity index is 0. The minimum absolute atomic E-state index is 0.232. The Labute approximate surface area is 124 Å². The zero-order valence-corrected chi connectivity index (χ0v) is 14.1. The SMILES string of the molecule is CS(=O)(=O)O.CS(=O)(=O)OC(CN)C(CN)OS(C)(=O)=O. The maximum atomic E-state index is 10.9. The van der Waals surface area contributed by atoms with Gasteiger partial charge in [0.15, 0.2) is 0 Å². The minimum atomic E-state index is -3.76. The van der Waals surface area contributed by atoms with Crippen molar-refractivity contribution in [1.82, 2.24) is 0 Å². The van der Waals surface area contributed by atoms with Gasteiger partial charge in [-0.15, -0.1) is 0 Å². The summed E-state index contributed by atoms with van der Waals surface area (Å²) in [7, 11) is -11.2. The summed E-state index contributed by atoms with van der Waals surface area (Å²) < 4.78 is 78.4. The molecule has 0 bridgehead atoms. The maximum Gasteiger partial charge on any atom is 0.264 e. The summed E-state index contributed by atoms with van der Waals surface area (Å²) >= 11 is 0. The molecule has 0 amide bonds. The van der Waals surface area contributed by atoms with Crippen LogP contribution < -0.4 is 11.5 Å². The van der Waals surface area contributed by atoms with Gasteiger partial charge in [-0.25, -0.2) is 0 Å². The fourth-order valence-electron chi connectivity index (χ4n) is 0.955. The van der Waals surface area contributed by atoms with Crippen LogP contribution in [0.5, 0.6) is 0 Å².